The van der Waals surface area contributed by atoms with Gasteiger partial charge in [0.1, 0.15) is 11.9 Å². The highest BCUT2D eigenvalue weighted by Gasteiger charge is 2.38. The van der Waals surface area contributed by atoms with Gasteiger partial charge in [-0.15, -0.1) is 0 Å². The monoisotopic (exact) mass is 744 g/mol. The molecule has 2 N–H and O–H groups in total. The molecule has 54 heavy (non-hydrogen) atoms. The molecule has 4 aromatic carbocycles. The lowest BCUT2D eigenvalue weighted by atomic mass is 10.0. The van der Waals surface area contributed by atoms with Crippen LogP contribution in [0.25, 0.3) is 22.4 Å². The molecule has 0 saturated carbocycles. The molecule has 2 amide bonds. The average molecular weight is 745 g/mol. The molecule has 1 aromatic heterocycles. The number of aromatic nitrogens is 2. The molecule has 2 atom stereocenters. The van der Waals surface area contributed by atoms with Crippen LogP contribution in [0.15, 0.2) is 109 Å². The molecule has 2 fully saturated rings. The van der Waals surface area contributed by atoms with E-state index in [-0.39, 0.29) is 35.4 Å². The Balaban J connectivity index is 0.965. The maximum Gasteiger partial charge on any atom is 0.255 e. The van der Waals surface area contributed by atoms with Crippen molar-refractivity contribution in [1.29, 1.82) is 0 Å². The number of carbonyl (C=O) groups is 2. The fourth-order valence-electron chi connectivity index (χ4n) is 7.58. The number of carbonyl (C=O) groups excluding carboxylic acids is 2. The zero-order chi connectivity index (χ0) is 37.7. The van der Waals surface area contributed by atoms with Crippen LogP contribution in [0, 0.1) is 0 Å². The first-order valence-corrected chi connectivity index (χ1v) is 20.7. The third-order valence-electron chi connectivity index (χ3n) is 10.7. The molecule has 11 heteroatoms. The Kier molecular flexibility index (Phi) is 11.4. The minimum Gasteiger partial charge on any atom is -0.340 e. The van der Waals surface area contributed by atoms with Crippen molar-refractivity contribution in [1.82, 2.24) is 24.7 Å². The predicted molar refractivity (Wildman–Crippen MR) is 214 cm³/mol. The van der Waals surface area contributed by atoms with E-state index in [2.05, 4.69) is 58.2 Å². The van der Waals surface area contributed by atoms with Crippen LogP contribution in [0.3, 0.4) is 0 Å². The first-order valence-electron chi connectivity index (χ1n) is 18.9. The van der Waals surface area contributed by atoms with E-state index in [9.17, 15) is 18.0 Å². The van der Waals surface area contributed by atoms with Crippen molar-refractivity contribution in [3.63, 3.8) is 0 Å². The molecular weight excluding hydrogens is 697 g/mol. The highest BCUT2D eigenvalue weighted by molar-refractivity contribution is 7.91. The van der Waals surface area contributed by atoms with Crippen molar-refractivity contribution in [3.05, 3.63) is 132 Å². The van der Waals surface area contributed by atoms with Gasteiger partial charge in [-0.25, -0.2) is 13.4 Å². The van der Waals surface area contributed by atoms with Crippen LogP contribution < -0.4 is 5.32 Å². The van der Waals surface area contributed by atoms with Gasteiger partial charge in [0.25, 0.3) is 5.91 Å². The Hall–Kier alpha value is -5.10. The number of hydrogen-bond donors (Lipinski definition) is 2. The second kappa shape index (κ2) is 16.5. The Labute approximate surface area is 318 Å². The minimum absolute atomic E-state index is 0.100. The van der Waals surface area contributed by atoms with Gasteiger partial charge < -0.3 is 15.2 Å². The van der Waals surface area contributed by atoms with Crippen molar-refractivity contribution < 1.29 is 18.0 Å². The van der Waals surface area contributed by atoms with E-state index >= 15 is 0 Å². The lowest BCUT2D eigenvalue weighted by Gasteiger charge is -2.34. The normalized spacial score (nSPS) is 17.8. The van der Waals surface area contributed by atoms with E-state index in [1.807, 2.05) is 90.0 Å². The predicted octanol–water partition coefficient (Wildman–Crippen LogP) is 6.97. The fourth-order valence-corrected chi connectivity index (χ4v) is 8.85. The van der Waals surface area contributed by atoms with Gasteiger partial charge >= 0.3 is 0 Å². The van der Waals surface area contributed by atoms with Crippen LogP contribution in [0.4, 0.5) is 5.69 Å². The molecule has 7 rings (SSSR count). The van der Waals surface area contributed by atoms with Crippen LogP contribution in [0.5, 0.6) is 0 Å². The third-order valence-corrected chi connectivity index (χ3v) is 12.3. The summed E-state index contributed by atoms with van der Waals surface area (Å²) in [6, 6.07) is 33.2. The van der Waals surface area contributed by atoms with Gasteiger partial charge in [0.15, 0.2) is 9.84 Å². The van der Waals surface area contributed by atoms with Crippen molar-refractivity contribution in [2.75, 3.05) is 49.5 Å². The fraction of sp³-hybridized carbons (Fsp3) is 0.326. The SMILES string of the molecule is CCN(CC)C(C(=O)N1CCCC1c1ncc(-c2ccc(-c3ccc(C(=O)Nc4ccc(CN5CCS(=O)(=O)CC5)cc4)cc3)cc2)[nH]1)c1ccccc1. The molecule has 0 spiro atoms. The van der Waals surface area contributed by atoms with Crippen LogP contribution in [-0.2, 0) is 21.2 Å². The number of nitrogens with one attached hydrogen (secondary N) is 2. The summed E-state index contributed by atoms with van der Waals surface area (Å²) in [5.41, 5.74) is 7.30. The molecule has 2 unspecified atom stereocenters. The zero-order valence-corrected chi connectivity index (χ0v) is 31.8. The molecule has 0 aliphatic carbocycles. The van der Waals surface area contributed by atoms with Crippen molar-refractivity contribution in [2.24, 2.45) is 0 Å². The summed E-state index contributed by atoms with van der Waals surface area (Å²) in [6.07, 6.45) is 3.66. The van der Waals surface area contributed by atoms with Crippen LogP contribution >= 0.6 is 0 Å². The Morgan fingerprint density at radius 1 is 0.833 bits per heavy atom. The topological polar surface area (TPSA) is 119 Å². The first kappa shape index (κ1) is 37.2. The highest BCUT2D eigenvalue weighted by atomic mass is 32.2. The van der Waals surface area contributed by atoms with Gasteiger partial charge in [0.05, 0.1) is 29.4 Å². The highest BCUT2D eigenvalue weighted by Crippen LogP contribution is 2.36. The lowest BCUT2D eigenvalue weighted by Crippen LogP contribution is -2.43. The Bertz CT molecular complexity index is 2130. The zero-order valence-electron chi connectivity index (χ0n) is 30.9. The van der Waals surface area contributed by atoms with Crippen molar-refractivity contribution >= 4 is 27.3 Å². The number of sulfone groups is 1. The smallest absolute Gasteiger partial charge is 0.255 e. The van der Waals surface area contributed by atoms with Gasteiger partial charge in [0.2, 0.25) is 5.91 Å². The first-order chi connectivity index (χ1) is 26.2. The molecule has 0 bridgehead atoms. The third kappa shape index (κ3) is 8.49. The van der Waals surface area contributed by atoms with E-state index in [4.69, 9.17) is 4.98 Å². The summed E-state index contributed by atoms with van der Waals surface area (Å²) in [7, 11) is -2.90. The number of likely N-dealkylation sites (tertiary alicyclic amines) is 1. The van der Waals surface area contributed by atoms with E-state index in [1.54, 1.807) is 0 Å². The molecule has 2 aliphatic heterocycles. The van der Waals surface area contributed by atoms with Gasteiger partial charge in [-0.05, 0) is 78.0 Å². The number of benzene rings is 4. The van der Waals surface area contributed by atoms with Crippen LogP contribution in [0.1, 0.15) is 66.1 Å². The number of aromatic amines is 1. The number of hydrogen-bond acceptors (Lipinski definition) is 7. The summed E-state index contributed by atoms with van der Waals surface area (Å²) in [5.74, 6) is 1.16. The number of H-pyrrole nitrogens is 1. The van der Waals surface area contributed by atoms with E-state index in [0.717, 1.165) is 65.3 Å². The van der Waals surface area contributed by atoms with Gasteiger partial charge in [-0.2, -0.15) is 0 Å². The maximum absolute atomic E-state index is 14.2. The molecule has 280 valence electrons. The standard InChI is InChI=1S/C43H48N6O4S/c1-3-48(4-2)40(35-9-6-5-7-10-35)43(51)49-24-8-11-39(49)41-44-29-38(46-41)34-18-14-32(15-19-34)33-16-20-36(21-17-33)42(50)45-37-22-12-31(13-23-37)30-47-25-27-54(52,53)28-26-47/h5-7,9-10,12-23,29,39-40H,3-4,8,11,24-28,30H2,1-2H3,(H,44,46)(H,45,50). The summed E-state index contributed by atoms with van der Waals surface area (Å²) in [4.78, 5) is 41.9. The Morgan fingerprint density at radius 2 is 1.46 bits per heavy atom. The quantitative estimate of drug-likeness (QED) is 0.142. The summed E-state index contributed by atoms with van der Waals surface area (Å²) in [5, 5.41) is 2.97. The van der Waals surface area contributed by atoms with E-state index < -0.39 is 9.84 Å². The molecule has 5 aromatic rings. The molecule has 2 saturated heterocycles. The summed E-state index contributed by atoms with van der Waals surface area (Å²) >= 11 is 0. The number of imidazole rings is 1. The second-order valence-electron chi connectivity index (χ2n) is 14.1. The maximum atomic E-state index is 14.2. The number of anilines is 1. The van der Waals surface area contributed by atoms with Crippen LogP contribution in [0.2, 0.25) is 0 Å². The molecule has 0 radical (unpaired) electrons. The molecule has 3 heterocycles. The van der Waals surface area contributed by atoms with Gasteiger partial charge in [-0.3, -0.25) is 19.4 Å². The minimum atomic E-state index is -2.90. The van der Waals surface area contributed by atoms with Gasteiger partial charge in [0, 0.05) is 37.4 Å². The van der Waals surface area contributed by atoms with Gasteiger partial charge in [-0.1, -0.05) is 92.7 Å². The van der Waals surface area contributed by atoms with E-state index in [0.29, 0.717) is 37.4 Å². The molecule has 10 nitrogen and oxygen atoms in total. The summed E-state index contributed by atoms with van der Waals surface area (Å²) < 4.78 is 23.4. The van der Waals surface area contributed by atoms with Crippen molar-refractivity contribution in [2.45, 2.75) is 45.3 Å². The Morgan fingerprint density at radius 3 is 2.11 bits per heavy atom. The number of nitrogens with zero attached hydrogens (tertiary/aromatic N) is 4. The number of rotatable bonds is 12. The number of amides is 2. The summed E-state index contributed by atoms with van der Waals surface area (Å²) in [6.45, 7) is 8.27. The second-order valence-corrected chi connectivity index (χ2v) is 16.4. The lowest BCUT2D eigenvalue weighted by molar-refractivity contribution is -0.138. The molecule has 2 aliphatic rings. The largest absolute Gasteiger partial charge is 0.340 e. The van der Waals surface area contributed by atoms with Crippen LogP contribution in [-0.4, -0.2) is 89.1 Å². The van der Waals surface area contributed by atoms with Crippen molar-refractivity contribution in [3.8, 4) is 22.4 Å². The number of likely N-dealkylation sites (N-methyl/N-ethyl adjacent to an activating group) is 1. The average Bonchev–Trinajstić information content (AvgIpc) is 3.90. The molecular formula is C43H48N6O4S. The van der Waals surface area contributed by atoms with E-state index in [1.165, 1.54) is 0 Å².